The van der Waals surface area contributed by atoms with Crippen LogP contribution in [0.4, 0.5) is 4.79 Å². The molecule has 1 atom stereocenters. The Morgan fingerprint density at radius 2 is 2.00 bits per heavy atom. The van der Waals surface area contributed by atoms with Crippen LogP contribution in [0.5, 0.6) is 0 Å². The van der Waals surface area contributed by atoms with E-state index in [2.05, 4.69) is 28.2 Å². The zero-order valence-electron chi connectivity index (χ0n) is 11.6. The molecular formula is C12H24N4O2. The zero-order valence-corrected chi connectivity index (χ0v) is 11.6. The van der Waals surface area contributed by atoms with Gasteiger partial charge in [-0.25, -0.2) is 4.79 Å². The van der Waals surface area contributed by atoms with Crippen LogP contribution >= 0.6 is 0 Å². The number of nitrogens with one attached hydrogen (secondary N) is 4. The number of urea groups is 1. The summed E-state index contributed by atoms with van der Waals surface area (Å²) in [5.41, 5.74) is -0.406. The third-order valence-corrected chi connectivity index (χ3v) is 2.79. The third kappa shape index (κ3) is 5.46. The first-order valence-corrected chi connectivity index (χ1v) is 6.28. The van der Waals surface area contributed by atoms with Crippen LogP contribution in [-0.4, -0.2) is 42.7 Å². The summed E-state index contributed by atoms with van der Waals surface area (Å²) in [7, 11) is 0. The van der Waals surface area contributed by atoms with Gasteiger partial charge < -0.3 is 16.0 Å². The van der Waals surface area contributed by atoms with Crippen LogP contribution < -0.4 is 21.3 Å². The van der Waals surface area contributed by atoms with Crippen LogP contribution in [-0.2, 0) is 4.79 Å². The zero-order chi connectivity index (χ0) is 13.8. The molecule has 1 saturated heterocycles. The molecule has 4 N–H and O–H groups in total. The number of imide groups is 1. The van der Waals surface area contributed by atoms with E-state index in [-0.39, 0.29) is 23.5 Å². The standard InChI is InChI=1S/C12H24N4O2/c1-11(2,3)16-10(18)15-9(17)7-14-12(4)5-6-13-8-12/h13-14H,5-8H2,1-4H3,(H2,15,16,17,18). The van der Waals surface area contributed by atoms with Gasteiger partial charge in [0.15, 0.2) is 0 Å². The molecule has 0 aromatic heterocycles. The van der Waals surface area contributed by atoms with E-state index in [0.29, 0.717) is 0 Å². The van der Waals surface area contributed by atoms with Crippen molar-refractivity contribution in [3.8, 4) is 0 Å². The highest BCUT2D eigenvalue weighted by molar-refractivity contribution is 5.95. The highest BCUT2D eigenvalue weighted by atomic mass is 16.2. The van der Waals surface area contributed by atoms with E-state index < -0.39 is 6.03 Å². The maximum absolute atomic E-state index is 11.6. The molecule has 1 fully saturated rings. The smallest absolute Gasteiger partial charge is 0.321 e. The Labute approximate surface area is 108 Å². The fraction of sp³-hybridized carbons (Fsp3) is 0.833. The lowest BCUT2D eigenvalue weighted by atomic mass is 10.0. The first-order valence-electron chi connectivity index (χ1n) is 6.28. The molecular weight excluding hydrogens is 232 g/mol. The Morgan fingerprint density at radius 1 is 1.33 bits per heavy atom. The summed E-state index contributed by atoms with van der Waals surface area (Å²) in [4.78, 5) is 23.0. The summed E-state index contributed by atoms with van der Waals surface area (Å²) in [5.74, 6) is -0.315. The van der Waals surface area contributed by atoms with Gasteiger partial charge in [0.2, 0.25) is 5.91 Å². The number of hydrogen-bond donors (Lipinski definition) is 4. The van der Waals surface area contributed by atoms with Gasteiger partial charge in [-0.05, 0) is 40.7 Å². The molecule has 18 heavy (non-hydrogen) atoms. The number of carbonyl (C=O) groups is 2. The largest absolute Gasteiger partial charge is 0.333 e. The van der Waals surface area contributed by atoms with Crippen molar-refractivity contribution in [3.05, 3.63) is 0 Å². The summed E-state index contributed by atoms with van der Waals surface area (Å²) in [5, 5.41) is 11.4. The van der Waals surface area contributed by atoms with Gasteiger partial charge in [-0.3, -0.25) is 10.1 Å². The fourth-order valence-electron chi connectivity index (χ4n) is 1.80. The molecule has 0 aliphatic carbocycles. The first kappa shape index (κ1) is 14.9. The number of hydrogen-bond acceptors (Lipinski definition) is 4. The van der Waals surface area contributed by atoms with E-state index in [9.17, 15) is 9.59 Å². The molecule has 0 saturated carbocycles. The molecule has 3 amide bonds. The molecule has 1 aliphatic rings. The molecule has 6 nitrogen and oxygen atoms in total. The average Bonchev–Trinajstić information content (AvgIpc) is 2.60. The molecule has 6 heteroatoms. The van der Waals surface area contributed by atoms with Crippen molar-refractivity contribution in [2.24, 2.45) is 0 Å². The van der Waals surface area contributed by atoms with E-state index in [1.807, 2.05) is 20.8 Å². The average molecular weight is 256 g/mol. The lowest BCUT2D eigenvalue weighted by molar-refractivity contribution is -0.119. The van der Waals surface area contributed by atoms with Crippen LogP contribution in [0.3, 0.4) is 0 Å². The fourth-order valence-corrected chi connectivity index (χ4v) is 1.80. The quantitative estimate of drug-likeness (QED) is 0.571. The normalized spacial score (nSPS) is 23.8. The Kier molecular flexibility index (Phi) is 4.70. The Bertz CT molecular complexity index is 317. The van der Waals surface area contributed by atoms with Gasteiger partial charge >= 0.3 is 6.03 Å². The second-order valence-corrected chi connectivity index (χ2v) is 6.09. The molecule has 1 rings (SSSR count). The molecule has 0 radical (unpaired) electrons. The minimum atomic E-state index is -0.455. The van der Waals surface area contributed by atoms with E-state index in [1.165, 1.54) is 0 Å². The monoisotopic (exact) mass is 256 g/mol. The van der Waals surface area contributed by atoms with Gasteiger partial charge in [-0.1, -0.05) is 0 Å². The second kappa shape index (κ2) is 5.67. The van der Waals surface area contributed by atoms with E-state index >= 15 is 0 Å². The van der Waals surface area contributed by atoms with Crippen molar-refractivity contribution in [1.29, 1.82) is 0 Å². The van der Waals surface area contributed by atoms with Crippen LogP contribution in [0.1, 0.15) is 34.1 Å². The van der Waals surface area contributed by atoms with Crippen LogP contribution in [0.25, 0.3) is 0 Å². The summed E-state index contributed by atoms with van der Waals surface area (Å²) in [6, 6.07) is -0.455. The maximum Gasteiger partial charge on any atom is 0.321 e. The summed E-state index contributed by atoms with van der Waals surface area (Å²) >= 11 is 0. The Hall–Kier alpha value is -1.14. The SMILES string of the molecule is CC(C)(C)NC(=O)NC(=O)CNC1(C)CCNC1. The van der Waals surface area contributed by atoms with Gasteiger partial charge in [0.1, 0.15) is 0 Å². The molecule has 0 spiro atoms. The summed E-state index contributed by atoms with van der Waals surface area (Å²) in [6.07, 6.45) is 0.981. The number of carbonyl (C=O) groups excluding carboxylic acids is 2. The van der Waals surface area contributed by atoms with Gasteiger partial charge in [0, 0.05) is 17.6 Å². The van der Waals surface area contributed by atoms with Crippen LogP contribution in [0, 0.1) is 0 Å². The molecule has 104 valence electrons. The Morgan fingerprint density at radius 3 is 2.50 bits per heavy atom. The van der Waals surface area contributed by atoms with E-state index in [4.69, 9.17) is 0 Å². The van der Waals surface area contributed by atoms with Gasteiger partial charge in [-0.2, -0.15) is 0 Å². The van der Waals surface area contributed by atoms with Crippen molar-refractivity contribution in [2.75, 3.05) is 19.6 Å². The minimum absolute atomic E-state index is 0.0577. The van der Waals surface area contributed by atoms with Crippen molar-refractivity contribution in [2.45, 2.75) is 45.2 Å². The first-order chi connectivity index (χ1) is 8.20. The molecule has 0 bridgehead atoms. The minimum Gasteiger partial charge on any atom is -0.333 e. The third-order valence-electron chi connectivity index (χ3n) is 2.79. The lowest BCUT2D eigenvalue weighted by Crippen LogP contribution is -2.53. The molecule has 0 aromatic carbocycles. The van der Waals surface area contributed by atoms with Crippen LogP contribution in [0.2, 0.25) is 0 Å². The molecule has 1 heterocycles. The second-order valence-electron chi connectivity index (χ2n) is 6.09. The van der Waals surface area contributed by atoms with E-state index in [0.717, 1.165) is 19.5 Å². The van der Waals surface area contributed by atoms with Crippen molar-refractivity contribution < 1.29 is 9.59 Å². The number of rotatable bonds is 3. The molecule has 0 aromatic rings. The Balaban J connectivity index is 2.27. The summed E-state index contributed by atoms with van der Waals surface area (Å²) in [6.45, 7) is 9.59. The predicted octanol–water partition coefficient (Wildman–Crippen LogP) is -0.0477. The number of amides is 3. The van der Waals surface area contributed by atoms with Crippen molar-refractivity contribution in [3.63, 3.8) is 0 Å². The maximum atomic E-state index is 11.6. The van der Waals surface area contributed by atoms with E-state index in [1.54, 1.807) is 0 Å². The summed E-state index contributed by atoms with van der Waals surface area (Å²) < 4.78 is 0. The van der Waals surface area contributed by atoms with Gasteiger partial charge in [0.25, 0.3) is 0 Å². The lowest BCUT2D eigenvalue weighted by Gasteiger charge is -2.24. The molecule has 1 aliphatic heterocycles. The van der Waals surface area contributed by atoms with Crippen molar-refractivity contribution in [1.82, 2.24) is 21.3 Å². The highest BCUT2D eigenvalue weighted by Gasteiger charge is 2.28. The van der Waals surface area contributed by atoms with Crippen molar-refractivity contribution >= 4 is 11.9 Å². The van der Waals surface area contributed by atoms with Gasteiger partial charge in [-0.15, -0.1) is 0 Å². The topological polar surface area (TPSA) is 82.3 Å². The highest BCUT2D eigenvalue weighted by Crippen LogP contribution is 2.12. The van der Waals surface area contributed by atoms with Gasteiger partial charge in [0.05, 0.1) is 6.54 Å². The predicted molar refractivity (Wildman–Crippen MR) is 70.3 cm³/mol. The van der Waals surface area contributed by atoms with Crippen LogP contribution in [0.15, 0.2) is 0 Å². The molecule has 1 unspecified atom stereocenters.